The Labute approximate surface area is 150 Å². The van der Waals surface area contributed by atoms with Crippen molar-refractivity contribution in [3.05, 3.63) is 71.5 Å². The lowest BCUT2D eigenvalue weighted by Gasteiger charge is -2.22. The van der Waals surface area contributed by atoms with E-state index in [2.05, 4.69) is 17.0 Å². The van der Waals surface area contributed by atoms with E-state index in [-0.39, 0.29) is 18.4 Å². The quantitative estimate of drug-likeness (QED) is 0.657. The first kappa shape index (κ1) is 17.8. The van der Waals surface area contributed by atoms with Gasteiger partial charge in [-0.3, -0.25) is 4.90 Å². The Morgan fingerprint density at radius 3 is 2.62 bits per heavy atom. The van der Waals surface area contributed by atoms with Crippen LogP contribution < -0.4 is 4.74 Å². The number of aromatic carboxylic acids is 1. The highest BCUT2D eigenvalue weighted by Gasteiger charge is 2.14. The number of benzene rings is 1. The zero-order valence-corrected chi connectivity index (χ0v) is 14.6. The van der Waals surface area contributed by atoms with Crippen molar-refractivity contribution in [2.45, 2.75) is 26.1 Å². The van der Waals surface area contributed by atoms with E-state index in [4.69, 9.17) is 18.8 Å². The molecule has 7 nitrogen and oxygen atoms in total. The van der Waals surface area contributed by atoms with Crippen molar-refractivity contribution >= 4 is 5.97 Å². The van der Waals surface area contributed by atoms with Gasteiger partial charge in [-0.15, -0.1) is 0 Å². The fraction of sp³-hybridized carbons (Fsp3) is 0.263. The van der Waals surface area contributed by atoms with E-state index in [1.54, 1.807) is 12.3 Å². The van der Waals surface area contributed by atoms with Gasteiger partial charge in [-0.05, 0) is 43.8 Å². The number of ether oxygens (including phenoxy) is 1. The minimum Gasteiger partial charge on any atom is -0.486 e. The molecular weight excluding hydrogens is 336 g/mol. The molecule has 3 rings (SSSR count). The molecular formula is C19H20N2O5. The van der Waals surface area contributed by atoms with Gasteiger partial charge in [-0.1, -0.05) is 17.3 Å². The van der Waals surface area contributed by atoms with Gasteiger partial charge in [0, 0.05) is 12.6 Å². The van der Waals surface area contributed by atoms with Crippen molar-refractivity contribution in [2.75, 3.05) is 7.05 Å². The number of aromatic nitrogens is 1. The van der Waals surface area contributed by atoms with Crippen molar-refractivity contribution in [3.63, 3.8) is 0 Å². The van der Waals surface area contributed by atoms with E-state index in [1.807, 2.05) is 37.4 Å². The lowest BCUT2D eigenvalue weighted by Crippen LogP contribution is -2.22. The zero-order valence-electron chi connectivity index (χ0n) is 14.6. The molecule has 0 saturated heterocycles. The predicted octanol–water partition coefficient (Wildman–Crippen LogP) is 3.74. The van der Waals surface area contributed by atoms with Gasteiger partial charge in [0.05, 0.1) is 6.04 Å². The van der Waals surface area contributed by atoms with Crippen LogP contribution in [0.15, 0.2) is 57.7 Å². The molecule has 3 aromatic rings. The summed E-state index contributed by atoms with van der Waals surface area (Å²) in [4.78, 5) is 13.0. The van der Waals surface area contributed by atoms with Gasteiger partial charge < -0.3 is 18.8 Å². The number of nitrogens with zero attached hydrogens (tertiary/aromatic N) is 2. The Morgan fingerprint density at radius 1 is 1.23 bits per heavy atom. The summed E-state index contributed by atoms with van der Waals surface area (Å²) in [6.45, 7) is 3.01. The van der Waals surface area contributed by atoms with Gasteiger partial charge in [0.15, 0.2) is 0 Å². The number of carboxylic acids is 1. The van der Waals surface area contributed by atoms with Crippen molar-refractivity contribution in [1.82, 2.24) is 10.1 Å². The molecule has 1 aromatic carbocycles. The maximum absolute atomic E-state index is 10.8. The average molecular weight is 356 g/mol. The Morgan fingerprint density at radius 2 is 2.00 bits per heavy atom. The van der Waals surface area contributed by atoms with Crippen LogP contribution in [0.5, 0.6) is 5.75 Å². The smallest absolute Gasteiger partial charge is 0.371 e. The molecule has 0 radical (unpaired) electrons. The van der Waals surface area contributed by atoms with Crippen molar-refractivity contribution < 1.29 is 23.6 Å². The van der Waals surface area contributed by atoms with Gasteiger partial charge >= 0.3 is 5.97 Å². The van der Waals surface area contributed by atoms with E-state index >= 15 is 0 Å². The Bertz CT molecular complexity index is 839. The molecule has 0 aliphatic rings. The van der Waals surface area contributed by atoms with Crippen molar-refractivity contribution in [2.24, 2.45) is 0 Å². The lowest BCUT2D eigenvalue weighted by molar-refractivity contribution is 0.0658. The second-order valence-electron chi connectivity index (χ2n) is 6.02. The summed E-state index contributed by atoms with van der Waals surface area (Å²) >= 11 is 0. The molecule has 0 unspecified atom stereocenters. The fourth-order valence-electron chi connectivity index (χ4n) is 2.50. The molecule has 2 aromatic heterocycles. The summed E-state index contributed by atoms with van der Waals surface area (Å²) in [5.41, 5.74) is 2.04. The maximum atomic E-state index is 10.8. The first-order valence-corrected chi connectivity index (χ1v) is 8.17. The fourth-order valence-corrected chi connectivity index (χ4v) is 2.50. The minimum absolute atomic E-state index is 0.0942. The summed E-state index contributed by atoms with van der Waals surface area (Å²) in [6, 6.07) is 12.8. The highest BCUT2D eigenvalue weighted by molar-refractivity contribution is 5.84. The molecule has 2 heterocycles. The molecule has 0 aliphatic heterocycles. The molecule has 1 atom stereocenters. The van der Waals surface area contributed by atoms with Crippen molar-refractivity contribution in [1.29, 1.82) is 0 Å². The van der Waals surface area contributed by atoms with Crippen LogP contribution in [0, 0.1) is 0 Å². The molecule has 1 N–H and O–H groups in total. The monoisotopic (exact) mass is 356 g/mol. The number of furan rings is 1. The number of carbonyl (C=O) groups is 1. The van der Waals surface area contributed by atoms with E-state index in [0.717, 1.165) is 17.8 Å². The highest BCUT2D eigenvalue weighted by atomic mass is 16.5. The summed E-state index contributed by atoms with van der Waals surface area (Å²) in [6.07, 6.45) is 1.57. The molecule has 0 amide bonds. The second kappa shape index (κ2) is 7.88. The summed E-state index contributed by atoms with van der Waals surface area (Å²) in [7, 11) is 2.03. The van der Waals surface area contributed by atoms with Crippen LogP contribution >= 0.6 is 0 Å². The Kier molecular flexibility index (Phi) is 5.38. The van der Waals surface area contributed by atoms with Gasteiger partial charge in [0.25, 0.3) is 0 Å². The molecule has 0 saturated carbocycles. The van der Waals surface area contributed by atoms with Gasteiger partial charge in [0.1, 0.15) is 30.1 Å². The van der Waals surface area contributed by atoms with E-state index in [9.17, 15) is 4.79 Å². The van der Waals surface area contributed by atoms with Crippen LogP contribution in [-0.4, -0.2) is 28.2 Å². The molecule has 0 fully saturated rings. The first-order chi connectivity index (χ1) is 12.5. The minimum atomic E-state index is -1.09. The maximum Gasteiger partial charge on any atom is 0.371 e. The number of carboxylic acid groups (broad SMARTS) is 1. The summed E-state index contributed by atoms with van der Waals surface area (Å²) in [5.74, 6) is -0.0327. The van der Waals surface area contributed by atoms with Gasteiger partial charge in [0.2, 0.25) is 5.76 Å². The van der Waals surface area contributed by atoms with Crippen LogP contribution in [0.4, 0.5) is 0 Å². The average Bonchev–Trinajstić information content (AvgIpc) is 3.32. The third kappa shape index (κ3) is 4.31. The summed E-state index contributed by atoms with van der Waals surface area (Å²) in [5, 5.41) is 12.8. The van der Waals surface area contributed by atoms with Gasteiger partial charge in [-0.25, -0.2) is 4.79 Å². The predicted molar refractivity (Wildman–Crippen MR) is 92.8 cm³/mol. The van der Waals surface area contributed by atoms with Gasteiger partial charge in [-0.2, -0.15) is 0 Å². The van der Waals surface area contributed by atoms with Crippen LogP contribution in [0.1, 0.15) is 40.5 Å². The lowest BCUT2D eigenvalue weighted by atomic mass is 10.1. The number of hydrogen-bond donors (Lipinski definition) is 1. The molecule has 26 heavy (non-hydrogen) atoms. The van der Waals surface area contributed by atoms with Crippen LogP contribution in [0.25, 0.3) is 0 Å². The largest absolute Gasteiger partial charge is 0.486 e. The topological polar surface area (TPSA) is 88.9 Å². The highest BCUT2D eigenvalue weighted by Crippen LogP contribution is 2.21. The molecule has 136 valence electrons. The van der Waals surface area contributed by atoms with Crippen LogP contribution in [0.3, 0.4) is 0 Å². The van der Waals surface area contributed by atoms with Crippen molar-refractivity contribution in [3.8, 4) is 5.75 Å². The van der Waals surface area contributed by atoms with E-state index < -0.39 is 5.97 Å². The number of hydrogen-bond acceptors (Lipinski definition) is 6. The Balaban J connectivity index is 1.53. The normalized spacial score (nSPS) is 12.3. The third-order valence-electron chi connectivity index (χ3n) is 4.16. The Hall–Kier alpha value is -3.06. The number of rotatable bonds is 8. The molecule has 0 bridgehead atoms. The van der Waals surface area contributed by atoms with E-state index in [1.165, 1.54) is 6.07 Å². The zero-order chi connectivity index (χ0) is 18.5. The van der Waals surface area contributed by atoms with E-state index in [0.29, 0.717) is 11.5 Å². The molecule has 0 aliphatic carbocycles. The second-order valence-corrected chi connectivity index (χ2v) is 6.02. The summed E-state index contributed by atoms with van der Waals surface area (Å²) < 4.78 is 15.7. The third-order valence-corrected chi connectivity index (χ3v) is 4.16. The molecule has 0 spiro atoms. The SMILES string of the molecule is C[C@@H](c1ccon1)N(C)Cc1ccc(OCc2ccc(C(=O)O)o2)cc1. The van der Waals surface area contributed by atoms with Crippen LogP contribution in [0.2, 0.25) is 0 Å². The van der Waals surface area contributed by atoms with Crippen LogP contribution in [-0.2, 0) is 13.2 Å². The first-order valence-electron chi connectivity index (χ1n) is 8.17. The standard InChI is InChI=1S/C19H20N2O5/c1-13(17-9-10-25-20-17)21(2)11-14-3-5-15(6-4-14)24-12-16-7-8-18(26-16)19(22)23/h3-10,13H,11-12H2,1-2H3,(H,22,23)/t13-/m0/s1. The molecule has 7 heteroatoms.